The van der Waals surface area contributed by atoms with Gasteiger partial charge in [0.2, 0.25) is 0 Å². The molecule has 1 fully saturated rings. The van der Waals surface area contributed by atoms with Gasteiger partial charge in [0.15, 0.2) is 9.84 Å². The predicted octanol–water partition coefficient (Wildman–Crippen LogP) is 2.65. The number of carbonyl (C=O) groups excluding carboxylic acids is 1. The van der Waals surface area contributed by atoms with E-state index in [4.69, 9.17) is 4.74 Å². The molecule has 1 aliphatic heterocycles. The molecule has 27 heavy (non-hydrogen) atoms. The summed E-state index contributed by atoms with van der Waals surface area (Å²) in [6.07, 6.45) is 0.908. The number of rotatable bonds is 4. The molecule has 0 radical (unpaired) electrons. The lowest BCUT2D eigenvalue weighted by Crippen LogP contribution is -2.39. The second-order valence-corrected chi connectivity index (χ2v) is 10.3. The number of aromatic nitrogens is 1. The number of carboxylic acid groups (broad SMARTS) is 1. The van der Waals surface area contributed by atoms with Gasteiger partial charge >= 0.3 is 12.1 Å². The van der Waals surface area contributed by atoms with Crippen molar-refractivity contribution >= 4 is 21.9 Å². The van der Waals surface area contributed by atoms with Gasteiger partial charge in [-0.05, 0) is 53.2 Å². The standard InChI is InChI=1S/C18H26N2O6S/c1-11(2)27(24,25)13-7-6-9-19-14(13)15-12(16(21)22)8-10-20(15)17(23)26-18(3,4)5/h6-7,9,11-12,15H,8,10H2,1-5H3,(H,21,22)/t12-,15+/m0/s1. The number of amides is 1. The van der Waals surface area contributed by atoms with Crippen molar-refractivity contribution in [3.8, 4) is 0 Å². The normalized spacial score (nSPS) is 20.7. The summed E-state index contributed by atoms with van der Waals surface area (Å²) >= 11 is 0. The molecular formula is C18H26N2O6S. The van der Waals surface area contributed by atoms with E-state index in [9.17, 15) is 23.1 Å². The fraction of sp³-hybridized carbons (Fsp3) is 0.611. The molecule has 0 aliphatic carbocycles. The van der Waals surface area contributed by atoms with Crippen molar-refractivity contribution in [3.05, 3.63) is 24.0 Å². The Labute approximate surface area is 159 Å². The van der Waals surface area contributed by atoms with Crippen LogP contribution in [0.15, 0.2) is 23.2 Å². The third kappa shape index (κ3) is 4.40. The van der Waals surface area contributed by atoms with E-state index in [1.54, 1.807) is 34.6 Å². The highest BCUT2D eigenvalue weighted by molar-refractivity contribution is 7.92. The zero-order valence-electron chi connectivity index (χ0n) is 16.2. The summed E-state index contributed by atoms with van der Waals surface area (Å²) < 4.78 is 30.9. The Kier molecular flexibility index (Phi) is 5.84. The first-order valence-electron chi connectivity index (χ1n) is 8.77. The summed E-state index contributed by atoms with van der Waals surface area (Å²) in [4.78, 5) is 29.8. The van der Waals surface area contributed by atoms with Gasteiger partial charge in [-0.3, -0.25) is 14.7 Å². The number of nitrogens with zero attached hydrogens (tertiary/aromatic N) is 2. The quantitative estimate of drug-likeness (QED) is 0.829. The SMILES string of the molecule is CC(C)S(=O)(=O)c1cccnc1[C@H]1[C@@H](C(=O)O)CCN1C(=O)OC(C)(C)C. The molecule has 9 heteroatoms. The maximum atomic E-state index is 12.8. The zero-order chi connectivity index (χ0) is 20.6. The molecular weight excluding hydrogens is 372 g/mol. The van der Waals surface area contributed by atoms with E-state index >= 15 is 0 Å². The smallest absolute Gasteiger partial charge is 0.410 e. The molecule has 150 valence electrons. The van der Waals surface area contributed by atoms with Gasteiger partial charge in [-0.15, -0.1) is 0 Å². The number of carbonyl (C=O) groups is 2. The van der Waals surface area contributed by atoms with Crippen molar-refractivity contribution in [2.45, 2.75) is 62.8 Å². The first kappa shape index (κ1) is 21.1. The van der Waals surface area contributed by atoms with Gasteiger partial charge in [0, 0.05) is 12.7 Å². The summed E-state index contributed by atoms with van der Waals surface area (Å²) in [6, 6.07) is 1.88. The fourth-order valence-corrected chi connectivity index (χ4v) is 4.27. The second kappa shape index (κ2) is 7.46. The van der Waals surface area contributed by atoms with E-state index in [-0.39, 0.29) is 23.6 Å². The molecule has 0 bridgehead atoms. The number of sulfone groups is 1. The Hall–Kier alpha value is -2.16. The van der Waals surface area contributed by atoms with Crippen molar-refractivity contribution in [3.63, 3.8) is 0 Å². The molecule has 8 nitrogen and oxygen atoms in total. The summed E-state index contributed by atoms with van der Waals surface area (Å²) in [5.41, 5.74) is -0.693. The van der Waals surface area contributed by atoms with Crippen LogP contribution in [0.1, 0.15) is 52.8 Å². The van der Waals surface area contributed by atoms with E-state index in [0.29, 0.717) is 0 Å². The molecule has 2 atom stereocenters. The second-order valence-electron chi connectivity index (χ2n) is 7.83. The molecule has 0 aromatic carbocycles. The van der Waals surface area contributed by atoms with Crippen LogP contribution < -0.4 is 0 Å². The predicted molar refractivity (Wildman–Crippen MR) is 98.0 cm³/mol. The maximum absolute atomic E-state index is 12.8. The van der Waals surface area contributed by atoms with Crippen molar-refractivity contribution in [2.75, 3.05) is 6.54 Å². The Morgan fingerprint density at radius 1 is 1.33 bits per heavy atom. The van der Waals surface area contributed by atoms with Crippen LogP contribution in [0.25, 0.3) is 0 Å². The Bertz CT molecular complexity index is 828. The fourth-order valence-electron chi connectivity index (χ4n) is 3.03. The van der Waals surface area contributed by atoms with E-state index in [2.05, 4.69) is 4.98 Å². The summed E-state index contributed by atoms with van der Waals surface area (Å²) in [6.45, 7) is 8.36. The van der Waals surface area contributed by atoms with Gasteiger partial charge in [0.05, 0.1) is 27.8 Å². The molecule has 1 N–H and O–H groups in total. The summed E-state index contributed by atoms with van der Waals surface area (Å²) in [5.74, 6) is -2.07. The van der Waals surface area contributed by atoms with E-state index < -0.39 is 44.7 Å². The van der Waals surface area contributed by atoms with Crippen LogP contribution in [0.2, 0.25) is 0 Å². The number of ether oxygens (including phenoxy) is 1. The van der Waals surface area contributed by atoms with Crippen LogP contribution in [-0.4, -0.2) is 52.9 Å². The Balaban J connectivity index is 2.57. The van der Waals surface area contributed by atoms with E-state index in [0.717, 1.165) is 0 Å². The van der Waals surface area contributed by atoms with Gasteiger partial charge in [0.1, 0.15) is 5.60 Å². The molecule has 1 aromatic rings. The van der Waals surface area contributed by atoms with Crippen molar-refractivity contribution < 1.29 is 27.9 Å². The highest BCUT2D eigenvalue weighted by Crippen LogP contribution is 2.40. The number of hydrogen-bond donors (Lipinski definition) is 1. The third-order valence-electron chi connectivity index (χ3n) is 4.35. The van der Waals surface area contributed by atoms with Crippen LogP contribution in [0, 0.1) is 5.92 Å². The zero-order valence-corrected chi connectivity index (χ0v) is 17.0. The minimum atomic E-state index is -3.71. The van der Waals surface area contributed by atoms with Crippen LogP contribution in [0.3, 0.4) is 0 Å². The Morgan fingerprint density at radius 2 is 1.96 bits per heavy atom. The maximum Gasteiger partial charge on any atom is 0.410 e. The van der Waals surface area contributed by atoms with E-state index in [1.807, 2.05) is 0 Å². The first-order valence-corrected chi connectivity index (χ1v) is 10.3. The van der Waals surface area contributed by atoms with Gasteiger partial charge in [0.25, 0.3) is 0 Å². The molecule has 1 aromatic heterocycles. The van der Waals surface area contributed by atoms with Crippen molar-refractivity contribution in [2.24, 2.45) is 5.92 Å². The molecule has 1 aliphatic rings. The topological polar surface area (TPSA) is 114 Å². The number of likely N-dealkylation sites (tertiary alicyclic amines) is 1. The highest BCUT2D eigenvalue weighted by Gasteiger charge is 2.46. The first-order chi connectivity index (χ1) is 12.4. The molecule has 1 saturated heterocycles. The summed E-state index contributed by atoms with van der Waals surface area (Å²) in [7, 11) is -3.71. The van der Waals surface area contributed by atoms with Crippen LogP contribution in [0.5, 0.6) is 0 Å². The lowest BCUT2D eigenvalue weighted by atomic mass is 9.97. The molecule has 0 saturated carbocycles. The van der Waals surface area contributed by atoms with Crippen LogP contribution >= 0.6 is 0 Å². The van der Waals surface area contributed by atoms with Gasteiger partial charge in [-0.1, -0.05) is 0 Å². The summed E-state index contributed by atoms with van der Waals surface area (Å²) in [5, 5.41) is 8.92. The molecule has 2 heterocycles. The van der Waals surface area contributed by atoms with Gasteiger partial charge in [-0.2, -0.15) is 0 Å². The average molecular weight is 398 g/mol. The van der Waals surface area contributed by atoms with Gasteiger partial charge < -0.3 is 9.84 Å². The third-order valence-corrected chi connectivity index (χ3v) is 6.55. The number of aliphatic carboxylic acids is 1. The number of carboxylic acids is 1. The van der Waals surface area contributed by atoms with Crippen LogP contribution in [-0.2, 0) is 19.4 Å². The number of hydrogen-bond acceptors (Lipinski definition) is 6. The Morgan fingerprint density at radius 3 is 2.48 bits per heavy atom. The minimum Gasteiger partial charge on any atom is -0.481 e. The van der Waals surface area contributed by atoms with Crippen molar-refractivity contribution in [1.29, 1.82) is 0 Å². The van der Waals surface area contributed by atoms with Gasteiger partial charge in [-0.25, -0.2) is 13.2 Å². The molecule has 2 rings (SSSR count). The molecule has 1 amide bonds. The lowest BCUT2D eigenvalue weighted by molar-refractivity contribution is -0.142. The minimum absolute atomic E-state index is 0.0493. The average Bonchev–Trinajstić information content (AvgIpc) is 2.98. The molecule has 0 unspecified atom stereocenters. The van der Waals surface area contributed by atoms with Crippen LogP contribution in [0.4, 0.5) is 4.79 Å². The highest BCUT2D eigenvalue weighted by atomic mass is 32.2. The lowest BCUT2D eigenvalue weighted by Gasteiger charge is -2.30. The molecule has 0 spiro atoms. The monoisotopic (exact) mass is 398 g/mol. The van der Waals surface area contributed by atoms with Crippen molar-refractivity contribution in [1.82, 2.24) is 9.88 Å². The largest absolute Gasteiger partial charge is 0.481 e. The number of pyridine rings is 1. The van der Waals surface area contributed by atoms with E-state index in [1.165, 1.54) is 23.2 Å².